The Kier molecular flexibility index (Phi) is 4.14. The first-order valence-electron chi connectivity index (χ1n) is 5.96. The molecule has 0 N–H and O–H groups in total. The lowest BCUT2D eigenvalue weighted by Crippen LogP contribution is -1.99. The van der Waals surface area contributed by atoms with Crippen LogP contribution in [0.15, 0.2) is 36.4 Å². The van der Waals surface area contributed by atoms with Gasteiger partial charge in [0.25, 0.3) is 0 Å². The van der Waals surface area contributed by atoms with Crippen molar-refractivity contribution in [2.24, 2.45) is 0 Å². The van der Waals surface area contributed by atoms with Crippen LogP contribution in [0.1, 0.15) is 32.6 Å². The Morgan fingerprint density at radius 2 is 1.44 bits per heavy atom. The van der Waals surface area contributed by atoms with Crippen LogP contribution in [-0.4, -0.2) is 0 Å². The van der Waals surface area contributed by atoms with Crippen LogP contribution in [0.3, 0.4) is 0 Å². The smallest absolute Gasteiger partial charge is 0.0650 e. The van der Waals surface area contributed by atoms with Gasteiger partial charge in [-0.15, -0.1) is 0 Å². The number of halogens is 2. The maximum atomic E-state index is 6.10. The van der Waals surface area contributed by atoms with Gasteiger partial charge in [-0.2, -0.15) is 0 Å². The zero-order valence-electron chi connectivity index (χ0n) is 10.8. The van der Waals surface area contributed by atoms with Crippen molar-refractivity contribution in [3.05, 3.63) is 69.2 Å². The summed E-state index contributed by atoms with van der Waals surface area (Å²) in [5.74, 6) is 0. The normalized spacial score (nSPS) is 12.5. The summed E-state index contributed by atoms with van der Waals surface area (Å²) < 4.78 is 0. The highest BCUT2D eigenvalue weighted by atomic mass is 79.9. The fourth-order valence-corrected chi connectivity index (χ4v) is 3.25. The van der Waals surface area contributed by atoms with Gasteiger partial charge in [-0.25, -0.2) is 0 Å². The van der Waals surface area contributed by atoms with Crippen LogP contribution >= 0.6 is 27.5 Å². The van der Waals surface area contributed by atoms with Crippen molar-refractivity contribution in [1.29, 1.82) is 0 Å². The van der Waals surface area contributed by atoms with Crippen LogP contribution in [0, 0.1) is 20.8 Å². The fourth-order valence-electron chi connectivity index (χ4n) is 2.08. The fraction of sp³-hybridized carbons (Fsp3) is 0.250. The average Bonchev–Trinajstić information content (AvgIpc) is 2.34. The van der Waals surface area contributed by atoms with Crippen LogP contribution in [-0.2, 0) is 0 Å². The van der Waals surface area contributed by atoms with Gasteiger partial charge in [0.2, 0.25) is 0 Å². The molecule has 18 heavy (non-hydrogen) atoms. The summed E-state index contributed by atoms with van der Waals surface area (Å²) in [6.45, 7) is 6.38. The molecule has 0 bridgehead atoms. The summed E-state index contributed by atoms with van der Waals surface area (Å²) in [6.07, 6.45) is 0. The summed E-state index contributed by atoms with van der Waals surface area (Å²) in [4.78, 5) is 0.191. The Morgan fingerprint density at radius 3 is 2.11 bits per heavy atom. The molecule has 0 aliphatic carbocycles. The Morgan fingerprint density at radius 1 is 0.889 bits per heavy atom. The van der Waals surface area contributed by atoms with Gasteiger partial charge in [0.05, 0.1) is 4.83 Å². The molecular weight excluding hydrogens is 308 g/mol. The van der Waals surface area contributed by atoms with Crippen LogP contribution in [0.5, 0.6) is 0 Å². The molecule has 0 amide bonds. The predicted octanol–water partition coefficient (Wildman–Crippen LogP) is 5.75. The molecule has 0 aliphatic rings. The van der Waals surface area contributed by atoms with Gasteiger partial charge < -0.3 is 0 Å². The molecule has 94 valence electrons. The zero-order chi connectivity index (χ0) is 13.3. The van der Waals surface area contributed by atoms with Gasteiger partial charge in [0.15, 0.2) is 0 Å². The molecule has 1 atom stereocenters. The molecule has 0 spiro atoms. The number of hydrogen-bond acceptors (Lipinski definition) is 0. The molecule has 1 unspecified atom stereocenters. The highest BCUT2D eigenvalue weighted by Crippen LogP contribution is 2.36. The summed E-state index contributed by atoms with van der Waals surface area (Å²) >= 11 is 9.90. The number of alkyl halides is 1. The molecule has 2 aromatic carbocycles. The first kappa shape index (κ1) is 13.6. The first-order valence-corrected chi connectivity index (χ1v) is 7.25. The van der Waals surface area contributed by atoms with E-state index in [1.165, 1.54) is 27.8 Å². The largest absolute Gasteiger partial charge is 0.0843 e. The van der Waals surface area contributed by atoms with Crippen molar-refractivity contribution in [2.45, 2.75) is 25.6 Å². The van der Waals surface area contributed by atoms with E-state index in [4.69, 9.17) is 11.6 Å². The zero-order valence-corrected chi connectivity index (χ0v) is 13.1. The molecule has 0 radical (unpaired) electrons. The summed E-state index contributed by atoms with van der Waals surface area (Å²) in [7, 11) is 0. The van der Waals surface area contributed by atoms with Crippen molar-refractivity contribution in [1.82, 2.24) is 0 Å². The monoisotopic (exact) mass is 322 g/mol. The molecule has 0 saturated carbocycles. The van der Waals surface area contributed by atoms with Gasteiger partial charge in [-0.3, -0.25) is 0 Å². The van der Waals surface area contributed by atoms with Crippen molar-refractivity contribution in [3.63, 3.8) is 0 Å². The molecule has 0 saturated heterocycles. The summed E-state index contributed by atoms with van der Waals surface area (Å²) in [6, 6.07) is 12.6. The van der Waals surface area contributed by atoms with Crippen molar-refractivity contribution in [2.75, 3.05) is 0 Å². The molecular formula is C16H16BrCl. The second kappa shape index (κ2) is 5.46. The number of aryl methyl sites for hydroxylation is 3. The Labute approximate surface area is 122 Å². The van der Waals surface area contributed by atoms with E-state index >= 15 is 0 Å². The summed E-state index contributed by atoms with van der Waals surface area (Å²) in [5, 5.41) is 0.783. The molecule has 2 aromatic rings. The minimum absolute atomic E-state index is 0.191. The van der Waals surface area contributed by atoms with E-state index in [2.05, 4.69) is 61.0 Å². The third kappa shape index (κ3) is 2.78. The Hall–Kier alpha value is -0.790. The quantitative estimate of drug-likeness (QED) is 0.617. The van der Waals surface area contributed by atoms with Gasteiger partial charge in [0, 0.05) is 5.02 Å². The summed E-state index contributed by atoms with van der Waals surface area (Å²) in [5.41, 5.74) is 6.36. The lowest BCUT2D eigenvalue weighted by atomic mass is 9.96. The second-order valence-corrected chi connectivity index (χ2v) is 6.08. The van der Waals surface area contributed by atoms with Crippen molar-refractivity contribution < 1.29 is 0 Å². The Balaban J connectivity index is 2.50. The number of hydrogen-bond donors (Lipinski definition) is 0. The highest BCUT2D eigenvalue weighted by Gasteiger charge is 2.15. The molecule has 2 heteroatoms. The third-order valence-electron chi connectivity index (χ3n) is 3.22. The molecule has 0 aromatic heterocycles. The molecule has 2 rings (SSSR count). The highest BCUT2D eigenvalue weighted by molar-refractivity contribution is 9.09. The van der Waals surface area contributed by atoms with Gasteiger partial charge in [-0.1, -0.05) is 57.4 Å². The predicted molar refractivity (Wildman–Crippen MR) is 82.9 cm³/mol. The van der Waals surface area contributed by atoms with E-state index in [-0.39, 0.29) is 4.83 Å². The van der Waals surface area contributed by atoms with Crippen LogP contribution < -0.4 is 0 Å². The maximum absolute atomic E-state index is 6.10. The van der Waals surface area contributed by atoms with Crippen LogP contribution in [0.2, 0.25) is 5.02 Å². The van der Waals surface area contributed by atoms with Gasteiger partial charge >= 0.3 is 0 Å². The van der Waals surface area contributed by atoms with E-state index in [0.717, 1.165) is 5.02 Å². The van der Waals surface area contributed by atoms with E-state index in [0.29, 0.717) is 0 Å². The van der Waals surface area contributed by atoms with Crippen molar-refractivity contribution >= 4 is 27.5 Å². The van der Waals surface area contributed by atoms with E-state index < -0.39 is 0 Å². The molecule has 0 heterocycles. The maximum Gasteiger partial charge on any atom is 0.0650 e. The SMILES string of the molecule is Cc1ccc(C)c(C(Br)c2cc(Cl)ccc2C)c1. The van der Waals surface area contributed by atoms with E-state index in [1.807, 2.05) is 12.1 Å². The third-order valence-corrected chi connectivity index (χ3v) is 4.44. The van der Waals surface area contributed by atoms with Crippen molar-refractivity contribution in [3.8, 4) is 0 Å². The van der Waals surface area contributed by atoms with E-state index in [9.17, 15) is 0 Å². The Bertz CT molecular complexity index is 524. The van der Waals surface area contributed by atoms with Gasteiger partial charge in [-0.05, 0) is 55.2 Å². The van der Waals surface area contributed by atoms with Crippen LogP contribution in [0.25, 0.3) is 0 Å². The topological polar surface area (TPSA) is 0 Å². The minimum atomic E-state index is 0.191. The van der Waals surface area contributed by atoms with Crippen LogP contribution in [0.4, 0.5) is 0 Å². The lowest BCUT2D eigenvalue weighted by molar-refractivity contribution is 1.11. The lowest BCUT2D eigenvalue weighted by Gasteiger charge is -2.17. The second-order valence-electron chi connectivity index (χ2n) is 4.72. The van der Waals surface area contributed by atoms with Gasteiger partial charge in [0.1, 0.15) is 0 Å². The molecule has 0 nitrogen and oxygen atoms in total. The average molecular weight is 324 g/mol. The first-order chi connectivity index (χ1) is 8.49. The molecule has 0 aliphatic heterocycles. The van der Waals surface area contributed by atoms with E-state index in [1.54, 1.807) is 0 Å². The minimum Gasteiger partial charge on any atom is -0.0843 e. The number of rotatable bonds is 2. The standard InChI is InChI=1S/C16H16BrCl/c1-10-4-5-11(2)14(8-10)16(17)15-9-13(18)7-6-12(15)3/h4-9,16H,1-3H3. The molecule has 0 fully saturated rings. The number of benzene rings is 2.